The van der Waals surface area contributed by atoms with Crippen molar-refractivity contribution >= 4 is 0 Å². The van der Waals surface area contributed by atoms with Crippen LogP contribution in [0.5, 0.6) is 0 Å². The molecule has 1 aliphatic carbocycles. The highest BCUT2D eigenvalue weighted by Gasteiger charge is 2.38. The summed E-state index contributed by atoms with van der Waals surface area (Å²) >= 11 is 0. The normalized spacial score (nSPS) is 30.7. The van der Waals surface area contributed by atoms with Crippen molar-refractivity contribution in [3.63, 3.8) is 0 Å². The molecule has 1 saturated carbocycles. The van der Waals surface area contributed by atoms with E-state index in [-0.39, 0.29) is 5.82 Å². The molecule has 1 aliphatic heterocycles. The molecule has 0 bridgehead atoms. The predicted octanol–water partition coefficient (Wildman–Crippen LogP) is 3.45. The maximum Gasteiger partial charge on any atom is 0.126 e. The molecule has 1 saturated heterocycles. The Morgan fingerprint density at radius 1 is 1.33 bits per heavy atom. The van der Waals surface area contributed by atoms with Crippen molar-refractivity contribution in [3.05, 3.63) is 35.1 Å². The number of hydrogen-bond acceptors (Lipinski definition) is 1. The first kappa shape index (κ1) is 12.2. The molecule has 0 aromatic heterocycles. The number of rotatable bonds is 3. The van der Waals surface area contributed by atoms with E-state index >= 15 is 0 Å². The van der Waals surface area contributed by atoms with E-state index in [9.17, 15) is 4.39 Å². The lowest BCUT2D eigenvalue weighted by Crippen LogP contribution is -2.27. The number of halogens is 1. The third-order valence-electron chi connectivity index (χ3n) is 4.86. The van der Waals surface area contributed by atoms with Crippen molar-refractivity contribution in [2.45, 2.75) is 45.1 Å². The minimum atomic E-state index is -0.0642. The van der Waals surface area contributed by atoms with Crippen molar-refractivity contribution < 1.29 is 4.39 Å². The molecule has 3 unspecified atom stereocenters. The topological polar surface area (TPSA) is 12.0 Å². The van der Waals surface area contributed by atoms with Crippen molar-refractivity contribution in [2.24, 2.45) is 11.8 Å². The lowest BCUT2D eigenvalue weighted by Gasteiger charge is -2.18. The Bertz CT molecular complexity index is 429. The first-order valence-corrected chi connectivity index (χ1v) is 7.22. The van der Waals surface area contributed by atoms with Crippen LogP contribution in [0.4, 0.5) is 4.39 Å². The largest absolute Gasteiger partial charge is 0.313 e. The summed E-state index contributed by atoms with van der Waals surface area (Å²) in [6.07, 6.45) is 6.37. The Labute approximate surface area is 109 Å². The van der Waals surface area contributed by atoms with Crippen molar-refractivity contribution in [3.8, 4) is 0 Å². The van der Waals surface area contributed by atoms with E-state index in [4.69, 9.17) is 0 Å². The number of nitrogens with one attached hydrogen (secondary N) is 1. The highest BCUT2D eigenvalue weighted by atomic mass is 19.1. The first-order chi connectivity index (χ1) is 8.74. The molecule has 3 atom stereocenters. The van der Waals surface area contributed by atoms with Gasteiger partial charge in [-0.05, 0) is 68.2 Å². The molecule has 1 aromatic rings. The monoisotopic (exact) mass is 247 g/mol. The molecule has 0 amide bonds. The lowest BCUT2D eigenvalue weighted by atomic mass is 9.90. The van der Waals surface area contributed by atoms with Crippen LogP contribution in [-0.2, 0) is 6.42 Å². The molecule has 2 fully saturated rings. The second-order valence-corrected chi connectivity index (χ2v) is 5.99. The standard InChI is InChI=1S/C16H22FN/c1-11-5-6-12(9-15(11)17)7-8-16-14-4-2-3-13(14)10-18-16/h5-6,9,13-14,16,18H,2-4,7-8,10H2,1H3. The minimum Gasteiger partial charge on any atom is -0.313 e. The van der Waals surface area contributed by atoms with Gasteiger partial charge in [-0.1, -0.05) is 18.6 Å². The molecular formula is C16H22FN. The summed E-state index contributed by atoms with van der Waals surface area (Å²) in [7, 11) is 0. The summed E-state index contributed by atoms with van der Waals surface area (Å²) in [4.78, 5) is 0. The molecule has 3 rings (SSSR count). The van der Waals surface area contributed by atoms with Crippen LogP contribution in [0, 0.1) is 24.6 Å². The second-order valence-electron chi connectivity index (χ2n) is 5.99. The third kappa shape index (κ3) is 2.31. The van der Waals surface area contributed by atoms with E-state index in [0.29, 0.717) is 6.04 Å². The van der Waals surface area contributed by atoms with Gasteiger partial charge in [-0.2, -0.15) is 0 Å². The summed E-state index contributed by atoms with van der Waals surface area (Å²) in [6.45, 7) is 3.03. The van der Waals surface area contributed by atoms with E-state index in [1.165, 1.54) is 25.8 Å². The Hall–Kier alpha value is -0.890. The van der Waals surface area contributed by atoms with Crippen LogP contribution in [0.3, 0.4) is 0 Å². The van der Waals surface area contributed by atoms with Gasteiger partial charge in [0, 0.05) is 6.04 Å². The molecule has 1 nitrogen and oxygen atoms in total. The predicted molar refractivity (Wildman–Crippen MR) is 72.1 cm³/mol. The quantitative estimate of drug-likeness (QED) is 0.862. The maximum atomic E-state index is 13.5. The van der Waals surface area contributed by atoms with Gasteiger partial charge < -0.3 is 5.32 Å². The Morgan fingerprint density at radius 3 is 3.06 bits per heavy atom. The average Bonchev–Trinajstić information content (AvgIpc) is 2.94. The van der Waals surface area contributed by atoms with Crippen LogP contribution >= 0.6 is 0 Å². The first-order valence-electron chi connectivity index (χ1n) is 7.22. The van der Waals surface area contributed by atoms with E-state index < -0.39 is 0 Å². The van der Waals surface area contributed by atoms with Crippen molar-refractivity contribution in [1.29, 1.82) is 0 Å². The summed E-state index contributed by atoms with van der Waals surface area (Å²) in [5, 5.41) is 3.66. The molecule has 2 heteroatoms. The van der Waals surface area contributed by atoms with E-state index in [2.05, 4.69) is 11.4 Å². The highest BCUT2D eigenvalue weighted by Crippen LogP contribution is 2.38. The van der Waals surface area contributed by atoms with Crippen LogP contribution in [0.15, 0.2) is 18.2 Å². The Morgan fingerprint density at radius 2 is 2.22 bits per heavy atom. The van der Waals surface area contributed by atoms with E-state index in [1.54, 1.807) is 6.07 Å². The average molecular weight is 247 g/mol. The summed E-state index contributed by atoms with van der Waals surface area (Å²) in [5.41, 5.74) is 1.88. The SMILES string of the molecule is Cc1ccc(CCC2NCC3CCCC32)cc1F. The van der Waals surface area contributed by atoms with E-state index in [1.807, 2.05) is 13.0 Å². The molecule has 98 valence electrons. The second kappa shape index (κ2) is 5.00. The van der Waals surface area contributed by atoms with Crippen molar-refractivity contribution in [1.82, 2.24) is 5.32 Å². The van der Waals surface area contributed by atoms with Gasteiger partial charge in [0.1, 0.15) is 5.82 Å². The van der Waals surface area contributed by atoms with Crippen LogP contribution < -0.4 is 5.32 Å². The van der Waals surface area contributed by atoms with Crippen LogP contribution in [0.1, 0.15) is 36.8 Å². The lowest BCUT2D eigenvalue weighted by molar-refractivity contribution is 0.393. The molecule has 2 aliphatic rings. The summed E-state index contributed by atoms with van der Waals surface area (Å²) in [6, 6.07) is 6.34. The Balaban J connectivity index is 1.59. The summed E-state index contributed by atoms with van der Waals surface area (Å²) in [5.74, 6) is 1.75. The zero-order valence-corrected chi connectivity index (χ0v) is 11.1. The van der Waals surface area contributed by atoms with Gasteiger partial charge in [0.25, 0.3) is 0 Å². The number of hydrogen-bond donors (Lipinski definition) is 1. The smallest absolute Gasteiger partial charge is 0.126 e. The molecule has 1 N–H and O–H groups in total. The van der Waals surface area contributed by atoms with Gasteiger partial charge in [0.15, 0.2) is 0 Å². The number of aryl methyl sites for hydroxylation is 2. The molecular weight excluding hydrogens is 225 g/mol. The number of fused-ring (bicyclic) bond motifs is 1. The van der Waals surface area contributed by atoms with Crippen LogP contribution in [0.25, 0.3) is 0 Å². The molecule has 0 spiro atoms. The fraction of sp³-hybridized carbons (Fsp3) is 0.625. The third-order valence-corrected chi connectivity index (χ3v) is 4.86. The minimum absolute atomic E-state index is 0.0642. The van der Waals surface area contributed by atoms with Crippen LogP contribution in [0.2, 0.25) is 0 Å². The van der Waals surface area contributed by atoms with Gasteiger partial charge in [-0.25, -0.2) is 4.39 Å². The van der Waals surface area contributed by atoms with Gasteiger partial charge >= 0.3 is 0 Å². The highest BCUT2D eigenvalue weighted by molar-refractivity contribution is 5.23. The molecule has 0 radical (unpaired) electrons. The van der Waals surface area contributed by atoms with Crippen molar-refractivity contribution in [2.75, 3.05) is 6.54 Å². The van der Waals surface area contributed by atoms with Gasteiger partial charge in [-0.15, -0.1) is 0 Å². The number of benzene rings is 1. The molecule has 1 aromatic carbocycles. The fourth-order valence-corrected chi connectivity index (χ4v) is 3.73. The van der Waals surface area contributed by atoms with E-state index in [0.717, 1.165) is 35.8 Å². The van der Waals surface area contributed by atoms with Crippen LogP contribution in [-0.4, -0.2) is 12.6 Å². The van der Waals surface area contributed by atoms with Gasteiger partial charge in [0.2, 0.25) is 0 Å². The summed E-state index contributed by atoms with van der Waals surface area (Å²) < 4.78 is 13.5. The zero-order chi connectivity index (χ0) is 12.5. The Kier molecular flexibility index (Phi) is 3.38. The zero-order valence-electron chi connectivity index (χ0n) is 11.1. The van der Waals surface area contributed by atoms with Gasteiger partial charge in [-0.3, -0.25) is 0 Å². The molecule has 1 heterocycles. The molecule has 18 heavy (non-hydrogen) atoms. The van der Waals surface area contributed by atoms with Gasteiger partial charge in [0.05, 0.1) is 0 Å². The maximum absolute atomic E-state index is 13.5. The fourth-order valence-electron chi connectivity index (χ4n) is 3.73.